The van der Waals surface area contributed by atoms with E-state index in [0.29, 0.717) is 11.9 Å². The van der Waals surface area contributed by atoms with Crippen molar-refractivity contribution in [1.82, 2.24) is 14.7 Å². The van der Waals surface area contributed by atoms with Gasteiger partial charge in [-0.1, -0.05) is 17.3 Å². The highest BCUT2D eigenvalue weighted by Gasteiger charge is 2.08. The quantitative estimate of drug-likeness (QED) is 0.752. The molecule has 92 valence electrons. The maximum atomic E-state index is 11.0. The Bertz CT molecular complexity index is 749. The third kappa shape index (κ3) is 1.64. The molecule has 0 unspecified atom stereocenters. The molecule has 0 spiro atoms. The van der Waals surface area contributed by atoms with Crippen LogP contribution in [-0.4, -0.2) is 14.7 Å². The highest BCUT2D eigenvalue weighted by atomic mass is 16.5. The van der Waals surface area contributed by atoms with Crippen LogP contribution in [0.3, 0.4) is 0 Å². The third-order valence-electron chi connectivity index (χ3n) is 2.99. The molecule has 0 radical (unpaired) electrons. The van der Waals surface area contributed by atoms with Crippen LogP contribution >= 0.6 is 0 Å². The molecule has 0 atom stereocenters. The molecule has 0 saturated carbocycles. The minimum Gasteiger partial charge on any atom is -0.345 e. The molecule has 5 heteroatoms. The number of hydrogen-bond acceptors (Lipinski definition) is 3. The first-order valence-electron chi connectivity index (χ1n) is 5.82. The van der Waals surface area contributed by atoms with Crippen molar-refractivity contribution in [3.63, 3.8) is 0 Å². The van der Waals surface area contributed by atoms with Gasteiger partial charge in [0, 0.05) is 23.3 Å². The maximum absolute atomic E-state index is 11.0. The summed E-state index contributed by atoms with van der Waals surface area (Å²) in [6.07, 6.45) is 2.06. The second-order valence-corrected chi connectivity index (χ2v) is 4.53. The lowest BCUT2D eigenvalue weighted by atomic mass is 10.1. The first-order valence-corrected chi connectivity index (χ1v) is 5.82. The molecule has 5 nitrogen and oxygen atoms in total. The van der Waals surface area contributed by atoms with Crippen LogP contribution in [0, 0.1) is 0 Å². The summed E-state index contributed by atoms with van der Waals surface area (Å²) < 4.78 is 6.70. The van der Waals surface area contributed by atoms with Crippen LogP contribution in [0.15, 0.2) is 39.8 Å². The normalized spacial score (nSPS) is 11.5. The van der Waals surface area contributed by atoms with Gasteiger partial charge in [0.2, 0.25) is 0 Å². The van der Waals surface area contributed by atoms with Crippen molar-refractivity contribution in [2.45, 2.75) is 19.9 Å². The molecular weight excluding hydrogens is 230 g/mol. The van der Waals surface area contributed by atoms with Crippen molar-refractivity contribution in [3.05, 3.63) is 41.0 Å². The number of nitrogens with zero attached hydrogens (tertiary/aromatic N) is 2. The Labute approximate surface area is 103 Å². The van der Waals surface area contributed by atoms with E-state index in [-0.39, 0.29) is 0 Å². The van der Waals surface area contributed by atoms with Crippen LogP contribution < -0.4 is 5.76 Å². The molecule has 1 N–H and O–H groups in total. The third-order valence-corrected chi connectivity index (χ3v) is 2.99. The molecule has 0 aliphatic carbocycles. The largest absolute Gasteiger partial charge is 0.439 e. The minimum absolute atomic E-state index is 0.383. The SMILES string of the molecule is CC(C)n1ccc2ccc(-c3noc(=O)[nH]3)cc21. The molecule has 0 saturated heterocycles. The molecule has 3 aromatic rings. The number of aromatic nitrogens is 3. The standard InChI is InChI=1S/C13H13N3O2/c1-8(2)16-6-5-9-3-4-10(7-11(9)16)12-14-13(17)18-15-12/h3-8H,1-2H3,(H,14,15,17). The Morgan fingerprint density at radius 2 is 2.17 bits per heavy atom. The zero-order valence-corrected chi connectivity index (χ0v) is 10.2. The van der Waals surface area contributed by atoms with Gasteiger partial charge < -0.3 is 4.57 Å². The number of hydrogen-bond donors (Lipinski definition) is 1. The molecule has 0 bridgehead atoms. The minimum atomic E-state index is -0.538. The van der Waals surface area contributed by atoms with Gasteiger partial charge in [-0.25, -0.2) is 4.79 Å². The molecule has 3 rings (SSSR count). The fraction of sp³-hybridized carbons (Fsp3) is 0.231. The smallest absolute Gasteiger partial charge is 0.345 e. The fourth-order valence-corrected chi connectivity index (χ4v) is 2.10. The van der Waals surface area contributed by atoms with Gasteiger partial charge in [-0.05, 0) is 31.4 Å². The Balaban J connectivity index is 2.20. The van der Waals surface area contributed by atoms with Gasteiger partial charge in [0.1, 0.15) is 0 Å². The molecule has 2 heterocycles. The average Bonchev–Trinajstić information content (AvgIpc) is 2.93. The summed E-state index contributed by atoms with van der Waals surface area (Å²) in [6.45, 7) is 4.26. The molecule has 18 heavy (non-hydrogen) atoms. The van der Waals surface area contributed by atoms with Gasteiger partial charge >= 0.3 is 5.76 Å². The lowest BCUT2D eigenvalue weighted by Crippen LogP contribution is -1.98. The van der Waals surface area contributed by atoms with Gasteiger partial charge in [0.15, 0.2) is 5.82 Å². The molecular formula is C13H13N3O2. The van der Waals surface area contributed by atoms with Crippen LogP contribution in [0.5, 0.6) is 0 Å². The van der Waals surface area contributed by atoms with Crippen LogP contribution in [0.2, 0.25) is 0 Å². The zero-order valence-electron chi connectivity index (χ0n) is 10.2. The molecule has 2 aromatic heterocycles. The molecule has 0 fully saturated rings. The monoisotopic (exact) mass is 243 g/mol. The summed E-state index contributed by atoms with van der Waals surface area (Å²) in [4.78, 5) is 13.5. The number of benzene rings is 1. The molecule has 0 aliphatic heterocycles. The predicted octanol–water partition coefficient (Wildman–Crippen LogP) is 2.57. The van der Waals surface area contributed by atoms with E-state index in [1.165, 1.54) is 5.39 Å². The summed E-state index contributed by atoms with van der Waals surface area (Å²) in [5, 5.41) is 4.86. The Morgan fingerprint density at radius 1 is 1.33 bits per heavy atom. The highest BCUT2D eigenvalue weighted by molar-refractivity contribution is 5.84. The van der Waals surface area contributed by atoms with Crippen LogP contribution in [0.1, 0.15) is 19.9 Å². The number of aromatic amines is 1. The topological polar surface area (TPSA) is 63.8 Å². The van der Waals surface area contributed by atoms with Crippen molar-refractivity contribution >= 4 is 10.9 Å². The lowest BCUT2D eigenvalue weighted by molar-refractivity contribution is 0.388. The first-order chi connectivity index (χ1) is 8.65. The Kier molecular flexibility index (Phi) is 2.33. The van der Waals surface area contributed by atoms with Gasteiger partial charge in [-0.2, -0.15) is 0 Å². The Morgan fingerprint density at radius 3 is 2.83 bits per heavy atom. The van der Waals surface area contributed by atoms with Gasteiger partial charge in [0.25, 0.3) is 0 Å². The fourth-order valence-electron chi connectivity index (χ4n) is 2.10. The van der Waals surface area contributed by atoms with Crippen molar-refractivity contribution in [2.75, 3.05) is 0 Å². The number of H-pyrrole nitrogens is 1. The van der Waals surface area contributed by atoms with E-state index < -0.39 is 5.76 Å². The van der Waals surface area contributed by atoms with Gasteiger partial charge in [-0.15, -0.1) is 0 Å². The number of fused-ring (bicyclic) bond motifs is 1. The van der Waals surface area contributed by atoms with Crippen molar-refractivity contribution in [1.29, 1.82) is 0 Å². The second-order valence-electron chi connectivity index (χ2n) is 4.53. The van der Waals surface area contributed by atoms with Gasteiger partial charge in [0.05, 0.1) is 0 Å². The summed E-state index contributed by atoms with van der Waals surface area (Å²) in [6, 6.07) is 8.39. The summed E-state index contributed by atoms with van der Waals surface area (Å²) in [5.74, 6) is -0.0808. The first kappa shape index (κ1) is 10.8. The van der Waals surface area contributed by atoms with Crippen molar-refractivity contribution in [3.8, 4) is 11.4 Å². The number of rotatable bonds is 2. The Hall–Kier alpha value is -2.30. The van der Waals surface area contributed by atoms with E-state index in [2.05, 4.69) is 45.3 Å². The zero-order chi connectivity index (χ0) is 12.7. The second kappa shape index (κ2) is 3.87. The van der Waals surface area contributed by atoms with E-state index >= 15 is 0 Å². The van der Waals surface area contributed by atoms with Crippen LogP contribution in [-0.2, 0) is 0 Å². The predicted molar refractivity (Wildman–Crippen MR) is 68.4 cm³/mol. The van der Waals surface area contributed by atoms with E-state index in [4.69, 9.17) is 0 Å². The van der Waals surface area contributed by atoms with E-state index in [9.17, 15) is 4.79 Å². The molecule has 1 aromatic carbocycles. The van der Waals surface area contributed by atoms with E-state index in [0.717, 1.165) is 11.1 Å². The molecule has 0 amide bonds. The van der Waals surface area contributed by atoms with E-state index in [1.807, 2.05) is 18.2 Å². The summed E-state index contributed by atoms with van der Waals surface area (Å²) in [7, 11) is 0. The summed E-state index contributed by atoms with van der Waals surface area (Å²) in [5.41, 5.74) is 1.96. The molecule has 0 aliphatic rings. The van der Waals surface area contributed by atoms with Gasteiger partial charge in [-0.3, -0.25) is 9.51 Å². The average molecular weight is 243 g/mol. The maximum Gasteiger partial charge on any atom is 0.439 e. The van der Waals surface area contributed by atoms with Crippen LogP contribution in [0.25, 0.3) is 22.3 Å². The highest BCUT2D eigenvalue weighted by Crippen LogP contribution is 2.24. The van der Waals surface area contributed by atoms with Crippen LogP contribution in [0.4, 0.5) is 0 Å². The van der Waals surface area contributed by atoms with E-state index in [1.54, 1.807) is 0 Å². The van der Waals surface area contributed by atoms with Crippen molar-refractivity contribution < 1.29 is 4.52 Å². The van der Waals surface area contributed by atoms with Crippen molar-refractivity contribution in [2.24, 2.45) is 0 Å². The number of nitrogens with one attached hydrogen (secondary N) is 1. The summed E-state index contributed by atoms with van der Waals surface area (Å²) >= 11 is 0. The lowest BCUT2D eigenvalue weighted by Gasteiger charge is -2.09.